The summed E-state index contributed by atoms with van der Waals surface area (Å²) in [6.07, 6.45) is 16.2. The predicted molar refractivity (Wildman–Crippen MR) is 98.0 cm³/mol. The second-order valence-corrected chi connectivity index (χ2v) is 7.40. The molecule has 1 saturated carbocycles. The lowest BCUT2D eigenvalue weighted by molar-refractivity contribution is 0.223. The van der Waals surface area contributed by atoms with Crippen LogP contribution in [-0.2, 0) is 0 Å². The Kier molecular flexibility index (Phi) is 4.17. The van der Waals surface area contributed by atoms with Gasteiger partial charge in [0.2, 0.25) is 0 Å². The highest BCUT2D eigenvalue weighted by Crippen LogP contribution is 2.44. The number of nitrogens with one attached hydrogen (secondary N) is 1. The van der Waals surface area contributed by atoms with Gasteiger partial charge in [-0.25, -0.2) is 4.98 Å². The van der Waals surface area contributed by atoms with Gasteiger partial charge in [-0.05, 0) is 43.2 Å². The summed E-state index contributed by atoms with van der Waals surface area (Å²) in [5.41, 5.74) is 3.69. The van der Waals surface area contributed by atoms with Crippen molar-refractivity contribution in [1.82, 2.24) is 4.98 Å². The number of hydrogen-bond donors (Lipinski definition) is 1. The molecule has 0 bridgehead atoms. The van der Waals surface area contributed by atoms with E-state index in [2.05, 4.69) is 46.7 Å². The van der Waals surface area contributed by atoms with Gasteiger partial charge in [-0.3, -0.25) is 0 Å². The van der Waals surface area contributed by atoms with Crippen LogP contribution in [0, 0.1) is 12.3 Å². The van der Waals surface area contributed by atoms with E-state index in [4.69, 9.17) is 4.42 Å². The fraction of sp³-hybridized carbons (Fsp3) is 0.476. The number of nitrogens with zero attached hydrogens (tertiary/aromatic N) is 1. The van der Waals surface area contributed by atoms with Gasteiger partial charge in [0.1, 0.15) is 12.0 Å². The molecule has 1 unspecified atom stereocenters. The first-order valence-corrected chi connectivity index (χ1v) is 9.21. The summed E-state index contributed by atoms with van der Waals surface area (Å²) in [7, 11) is 0. The molecule has 2 aromatic rings. The summed E-state index contributed by atoms with van der Waals surface area (Å²) in [5.74, 6) is 0.705. The monoisotopic (exact) mass is 322 g/mol. The number of oxazole rings is 1. The van der Waals surface area contributed by atoms with Gasteiger partial charge in [-0.2, -0.15) is 0 Å². The average molecular weight is 322 g/mol. The van der Waals surface area contributed by atoms with Crippen molar-refractivity contribution < 1.29 is 4.42 Å². The van der Waals surface area contributed by atoms with Crippen molar-refractivity contribution >= 4 is 5.69 Å². The fourth-order valence-corrected chi connectivity index (χ4v) is 4.18. The lowest BCUT2D eigenvalue weighted by Gasteiger charge is -2.39. The smallest absolute Gasteiger partial charge is 0.191 e. The predicted octanol–water partition coefficient (Wildman–Crippen LogP) is 5.73. The summed E-state index contributed by atoms with van der Waals surface area (Å²) in [4.78, 5) is 4.38. The third-order valence-electron chi connectivity index (χ3n) is 5.64. The SMILES string of the molecule is Cc1nc(-c2ccc(NC3C=CC4(CCCCC4)CC3)cc2)co1. The molecule has 0 radical (unpaired) electrons. The van der Waals surface area contributed by atoms with Crippen molar-refractivity contribution in [3.05, 3.63) is 48.6 Å². The number of anilines is 1. The first-order chi connectivity index (χ1) is 11.7. The molecule has 0 saturated heterocycles. The van der Waals surface area contributed by atoms with Crippen molar-refractivity contribution in [2.45, 2.75) is 57.9 Å². The molecule has 1 heterocycles. The van der Waals surface area contributed by atoms with E-state index in [0.29, 0.717) is 17.3 Å². The van der Waals surface area contributed by atoms with Crippen LogP contribution in [0.2, 0.25) is 0 Å². The molecule has 1 atom stereocenters. The third-order valence-corrected chi connectivity index (χ3v) is 5.64. The van der Waals surface area contributed by atoms with Crippen LogP contribution in [0.3, 0.4) is 0 Å². The van der Waals surface area contributed by atoms with Crippen LogP contribution in [0.1, 0.15) is 50.8 Å². The molecule has 1 N–H and O–H groups in total. The number of benzene rings is 1. The normalized spacial score (nSPS) is 22.6. The van der Waals surface area contributed by atoms with Gasteiger partial charge < -0.3 is 9.73 Å². The van der Waals surface area contributed by atoms with Gasteiger partial charge in [0.15, 0.2) is 5.89 Å². The van der Waals surface area contributed by atoms with Crippen LogP contribution < -0.4 is 5.32 Å². The van der Waals surface area contributed by atoms with E-state index >= 15 is 0 Å². The van der Waals surface area contributed by atoms with Crippen LogP contribution in [0.4, 0.5) is 5.69 Å². The Hall–Kier alpha value is -2.03. The summed E-state index contributed by atoms with van der Waals surface area (Å²) < 4.78 is 5.29. The molecular weight excluding hydrogens is 296 g/mol. The van der Waals surface area contributed by atoms with E-state index in [1.807, 2.05) is 6.92 Å². The van der Waals surface area contributed by atoms with E-state index < -0.39 is 0 Å². The fourth-order valence-electron chi connectivity index (χ4n) is 4.18. The molecule has 1 aromatic carbocycles. The van der Waals surface area contributed by atoms with Crippen LogP contribution in [0.25, 0.3) is 11.3 Å². The number of rotatable bonds is 3. The summed E-state index contributed by atoms with van der Waals surface area (Å²) in [6.45, 7) is 1.87. The Bertz CT molecular complexity index is 708. The number of aryl methyl sites for hydroxylation is 1. The maximum Gasteiger partial charge on any atom is 0.191 e. The molecule has 0 amide bonds. The highest BCUT2D eigenvalue weighted by Gasteiger charge is 2.32. The minimum Gasteiger partial charge on any atom is -0.449 e. The van der Waals surface area contributed by atoms with E-state index in [0.717, 1.165) is 11.3 Å². The van der Waals surface area contributed by atoms with E-state index in [1.54, 1.807) is 6.26 Å². The highest BCUT2D eigenvalue weighted by molar-refractivity contribution is 5.62. The van der Waals surface area contributed by atoms with Crippen LogP contribution in [0.15, 0.2) is 47.1 Å². The first-order valence-electron chi connectivity index (χ1n) is 9.21. The Labute approximate surface area is 144 Å². The summed E-state index contributed by atoms with van der Waals surface area (Å²) in [6, 6.07) is 8.94. The zero-order valence-corrected chi connectivity index (χ0v) is 14.4. The largest absolute Gasteiger partial charge is 0.449 e. The number of aromatic nitrogens is 1. The van der Waals surface area contributed by atoms with Gasteiger partial charge >= 0.3 is 0 Å². The second kappa shape index (κ2) is 6.46. The maximum absolute atomic E-state index is 5.29. The van der Waals surface area contributed by atoms with Gasteiger partial charge in [0.25, 0.3) is 0 Å². The van der Waals surface area contributed by atoms with Crippen LogP contribution in [0.5, 0.6) is 0 Å². The molecule has 126 valence electrons. The molecule has 3 heteroatoms. The van der Waals surface area contributed by atoms with Gasteiger partial charge in [0, 0.05) is 24.2 Å². The molecule has 2 aliphatic carbocycles. The molecule has 1 fully saturated rings. The standard InChI is InChI=1S/C21H26N2O/c1-16-22-20(15-24-16)17-5-7-18(8-6-17)23-19-9-13-21(14-10-19)11-3-2-4-12-21/h5-9,13,15,19,23H,2-4,10-12,14H2,1H3. The molecule has 1 aromatic heterocycles. The van der Waals surface area contributed by atoms with Crippen molar-refractivity contribution in [2.24, 2.45) is 5.41 Å². The lowest BCUT2D eigenvalue weighted by atomic mass is 9.68. The van der Waals surface area contributed by atoms with E-state index in [-0.39, 0.29) is 0 Å². The third kappa shape index (κ3) is 3.26. The maximum atomic E-state index is 5.29. The number of hydrogen-bond acceptors (Lipinski definition) is 3. The zero-order valence-electron chi connectivity index (χ0n) is 14.4. The first kappa shape index (κ1) is 15.5. The highest BCUT2D eigenvalue weighted by atomic mass is 16.3. The molecule has 1 spiro atoms. The van der Waals surface area contributed by atoms with Crippen molar-refractivity contribution in [3.63, 3.8) is 0 Å². The van der Waals surface area contributed by atoms with Gasteiger partial charge in [-0.15, -0.1) is 0 Å². The summed E-state index contributed by atoms with van der Waals surface area (Å²) in [5, 5.41) is 3.66. The zero-order chi connectivity index (χ0) is 16.4. The Morgan fingerprint density at radius 3 is 2.50 bits per heavy atom. The van der Waals surface area contributed by atoms with Gasteiger partial charge in [0.05, 0.1) is 0 Å². The van der Waals surface area contributed by atoms with Crippen LogP contribution in [-0.4, -0.2) is 11.0 Å². The van der Waals surface area contributed by atoms with Crippen molar-refractivity contribution in [1.29, 1.82) is 0 Å². The summed E-state index contributed by atoms with van der Waals surface area (Å²) >= 11 is 0. The quantitative estimate of drug-likeness (QED) is 0.733. The topological polar surface area (TPSA) is 38.1 Å². The molecular formula is C21H26N2O. The molecule has 0 aliphatic heterocycles. The minimum absolute atomic E-state index is 0.456. The Morgan fingerprint density at radius 2 is 1.88 bits per heavy atom. The van der Waals surface area contributed by atoms with Gasteiger partial charge in [-0.1, -0.05) is 43.5 Å². The Morgan fingerprint density at radius 1 is 1.08 bits per heavy atom. The second-order valence-electron chi connectivity index (χ2n) is 7.40. The van der Waals surface area contributed by atoms with Crippen molar-refractivity contribution in [3.8, 4) is 11.3 Å². The lowest BCUT2D eigenvalue weighted by Crippen LogP contribution is -2.30. The molecule has 4 rings (SSSR count). The number of allylic oxidation sites excluding steroid dienone is 1. The minimum atomic E-state index is 0.456. The average Bonchev–Trinajstić information content (AvgIpc) is 3.05. The molecule has 3 nitrogen and oxygen atoms in total. The van der Waals surface area contributed by atoms with Crippen LogP contribution >= 0.6 is 0 Å². The molecule has 24 heavy (non-hydrogen) atoms. The van der Waals surface area contributed by atoms with Crippen molar-refractivity contribution in [2.75, 3.05) is 5.32 Å². The Balaban J connectivity index is 1.40. The van der Waals surface area contributed by atoms with E-state index in [9.17, 15) is 0 Å². The molecule has 2 aliphatic rings. The van der Waals surface area contributed by atoms with E-state index in [1.165, 1.54) is 50.6 Å².